The number of aromatic nitrogens is 1. The van der Waals surface area contributed by atoms with Crippen LogP contribution >= 0.6 is 0 Å². The van der Waals surface area contributed by atoms with Crippen LogP contribution in [0.5, 0.6) is 0 Å². The highest BCUT2D eigenvalue weighted by molar-refractivity contribution is 5.80. The molecular weight excluding hydrogens is 310 g/mol. The largest absolute Gasteiger partial charge is 0.360 e. The summed E-state index contributed by atoms with van der Waals surface area (Å²) in [5.74, 6) is 0.891. The van der Waals surface area contributed by atoms with Gasteiger partial charge in [-0.3, -0.25) is 9.69 Å². The van der Waals surface area contributed by atoms with Gasteiger partial charge in [-0.2, -0.15) is 0 Å². The van der Waals surface area contributed by atoms with Crippen LogP contribution in [0.3, 0.4) is 0 Å². The third-order valence-electron chi connectivity index (χ3n) is 4.82. The maximum atomic E-state index is 12.7. The highest BCUT2D eigenvalue weighted by atomic mass is 16.5. The Bertz CT molecular complexity index is 594. The number of nitrogens with two attached hydrogens (primary N) is 1. The topological polar surface area (TPSA) is 95.9 Å². The van der Waals surface area contributed by atoms with Crippen molar-refractivity contribution in [1.29, 1.82) is 0 Å². The number of likely N-dealkylation sites (tertiary alicyclic amines) is 1. The van der Waals surface area contributed by atoms with E-state index in [1.807, 2.05) is 17.9 Å². The Balaban J connectivity index is 1.49. The lowest BCUT2D eigenvalue weighted by Gasteiger charge is -2.38. The van der Waals surface area contributed by atoms with Crippen LogP contribution in [0.4, 0.5) is 4.79 Å². The molecule has 2 aliphatic rings. The Morgan fingerprint density at radius 2 is 2.00 bits per heavy atom. The van der Waals surface area contributed by atoms with Crippen LogP contribution in [-0.2, 0) is 11.3 Å². The Kier molecular flexibility index (Phi) is 5.03. The number of hydrogen-bond acceptors (Lipinski definition) is 5. The Hall–Kier alpha value is -2.09. The maximum Gasteiger partial charge on any atom is 0.314 e. The average Bonchev–Trinajstić information content (AvgIpc) is 3.00. The second-order valence-corrected chi connectivity index (χ2v) is 6.66. The highest BCUT2D eigenvalue weighted by Gasteiger charge is 2.32. The van der Waals surface area contributed by atoms with Gasteiger partial charge in [0.1, 0.15) is 0 Å². The van der Waals surface area contributed by atoms with Gasteiger partial charge in [-0.05, 0) is 19.8 Å². The number of rotatable bonds is 3. The molecule has 0 spiro atoms. The summed E-state index contributed by atoms with van der Waals surface area (Å²) in [5, 5.41) is 3.90. The van der Waals surface area contributed by atoms with Gasteiger partial charge in [0.15, 0.2) is 5.76 Å². The van der Waals surface area contributed by atoms with E-state index >= 15 is 0 Å². The van der Waals surface area contributed by atoms with Gasteiger partial charge in [-0.1, -0.05) is 5.16 Å². The van der Waals surface area contributed by atoms with E-state index in [0.717, 1.165) is 43.9 Å². The van der Waals surface area contributed by atoms with Crippen LogP contribution < -0.4 is 5.73 Å². The third kappa shape index (κ3) is 3.87. The van der Waals surface area contributed by atoms with E-state index in [4.69, 9.17) is 10.3 Å². The first-order chi connectivity index (χ1) is 11.5. The van der Waals surface area contributed by atoms with Crippen LogP contribution in [0, 0.1) is 12.8 Å². The Morgan fingerprint density at radius 1 is 1.25 bits per heavy atom. The molecule has 3 amide bonds. The van der Waals surface area contributed by atoms with E-state index in [2.05, 4.69) is 10.1 Å². The number of piperidine rings is 1. The molecule has 1 atom stereocenters. The summed E-state index contributed by atoms with van der Waals surface area (Å²) >= 11 is 0. The van der Waals surface area contributed by atoms with Crippen LogP contribution in [-0.4, -0.2) is 71.1 Å². The molecule has 3 rings (SSSR count). The number of urea groups is 1. The quantitative estimate of drug-likeness (QED) is 0.863. The molecule has 0 radical (unpaired) electrons. The lowest BCUT2D eigenvalue weighted by atomic mass is 9.96. The number of aryl methyl sites for hydroxylation is 1. The summed E-state index contributed by atoms with van der Waals surface area (Å²) in [5.41, 5.74) is 6.23. The van der Waals surface area contributed by atoms with Gasteiger partial charge in [-0.25, -0.2) is 4.79 Å². The van der Waals surface area contributed by atoms with Crippen LogP contribution in [0.2, 0.25) is 0 Å². The van der Waals surface area contributed by atoms with Crippen LogP contribution in [0.15, 0.2) is 10.6 Å². The average molecular weight is 335 g/mol. The molecule has 0 unspecified atom stereocenters. The molecule has 2 fully saturated rings. The zero-order valence-corrected chi connectivity index (χ0v) is 14.1. The first-order valence-electron chi connectivity index (χ1n) is 8.50. The molecule has 0 aliphatic carbocycles. The fourth-order valence-electron chi connectivity index (χ4n) is 3.47. The SMILES string of the molecule is Cc1cc(CN2CCN(C(=O)[C@@H]3CCCN(C(N)=O)C3)CC2)on1. The van der Waals surface area contributed by atoms with Crippen molar-refractivity contribution in [3.8, 4) is 0 Å². The molecular formula is C16H25N5O3. The van der Waals surface area contributed by atoms with Crippen LogP contribution in [0.25, 0.3) is 0 Å². The minimum atomic E-state index is -0.431. The van der Waals surface area contributed by atoms with Crippen molar-refractivity contribution < 1.29 is 14.1 Å². The van der Waals surface area contributed by atoms with Crippen molar-refractivity contribution in [2.24, 2.45) is 11.7 Å². The summed E-state index contributed by atoms with van der Waals surface area (Å²) in [6.45, 7) is 6.79. The van der Waals surface area contributed by atoms with Crippen molar-refractivity contribution in [2.75, 3.05) is 39.3 Å². The minimum Gasteiger partial charge on any atom is -0.360 e. The second kappa shape index (κ2) is 7.21. The van der Waals surface area contributed by atoms with Crippen molar-refractivity contribution >= 4 is 11.9 Å². The van der Waals surface area contributed by atoms with Crippen LogP contribution in [0.1, 0.15) is 24.3 Å². The molecule has 24 heavy (non-hydrogen) atoms. The van der Waals surface area contributed by atoms with Gasteiger partial charge in [0.2, 0.25) is 5.91 Å². The molecule has 2 N–H and O–H groups in total. The summed E-state index contributed by atoms with van der Waals surface area (Å²) in [6, 6.07) is 1.51. The molecule has 0 aromatic carbocycles. The number of hydrogen-bond donors (Lipinski definition) is 1. The Morgan fingerprint density at radius 3 is 2.62 bits per heavy atom. The lowest BCUT2D eigenvalue weighted by molar-refractivity contribution is -0.138. The summed E-state index contributed by atoms with van der Waals surface area (Å²) in [4.78, 5) is 29.8. The van der Waals surface area contributed by atoms with Crippen molar-refractivity contribution in [1.82, 2.24) is 19.9 Å². The van der Waals surface area contributed by atoms with E-state index in [1.54, 1.807) is 4.90 Å². The highest BCUT2D eigenvalue weighted by Crippen LogP contribution is 2.20. The van der Waals surface area contributed by atoms with E-state index in [0.29, 0.717) is 26.2 Å². The monoisotopic (exact) mass is 335 g/mol. The normalized spacial score (nSPS) is 22.6. The molecule has 8 nitrogen and oxygen atoms in total. The lowest BCUT2D eigenvalue weighted by Crippen LogP contribution is -2.53. The van der Waals surface area contributed by atoms with Gasteiger partial charge in [0, 0.05) is 45.3 Å². The Labute approximate surface area is 141 Å². The number of carbonyl (C=O) groups is 2. The summed E-state index contributed by atoms with van der Waals surface area (Å²) in [6.07, 6.45) is 1.67. The van der Waals surface area contributed by atoms with Gasteiger partial charge in [0.05, 0.1) is 18.2 Å². The molecule has 0 bridgehead atoms. The van der Waals surface area contributed by atoms with E-state index < -0.39 is 6.03 Å². The summed E-state index contributed by atoms with van der Waals surface area (Å²) < 4.78 is 5.25. The van der Waals surface area contributed by atoms with Crippen molar-refractivity contribution in [3.05, 3.63) is 17.5 Å². The first-order valence-corrected chi connectivity index (χ1v) is 8.50. The van der Waals surface area contributed by atoms with Gasteiger partial charge in [-0.15, -0.1) is 0 Å². The fraction of sp³-hybridized carbons (Fsp3) is 0.688. The predicted molar refractivity (Wildman–Crippen MR) is 87.0 cm³/mol. The van der Waals surface area contributed by atoms with E-state index in [9.17, 15) is 9.59 Å². The molecule has 1 aromatic rings. The van der Waals surface area contributed by atoms with Gasteiger partial charge in [0.25, 0.3) is 0 Å². The minimum absolute atomic E-state index is 0.116. The maximum absolute atomic E-state index is 12.7. The number of carbonyl (C=O) groups excluding carboxylic acids is 2. The van der Waals surface area contributed by atoms with E-state index in [-0.39, 0.29) is 11.8 Å². The zero-order valence-electron chi connectivity index (χ0n) is 14.1. The molecule has 132 valence electrons. The molecule has 8 heteroatoms. The van der Waals surface area contributed by atoms with E-state index in [1.165, 1.54) is 0 Å². The second-order valence-electron chi connectivity index (χ2n) is 6.66. The van der Waals surface area contributed by atoms with Gasteiger partial charge < -0.3 is 20.1 Å². The molecule has 1 aromatic heterocycles. The number of amides is 3. The van der Waals surface area contributed by atoms with Crippen molar-refractivity contribution in [3.63, 3.8) is 0 Å². The van der Waals surface area contributed by atoms with Gasteiger partial charge >= 0.3 is 6.03 Å². The molecule has 0 saturated carbocycles. The predicted octanol–water partition coefficient (Wildman–Crippen LogP) is 0.418. The number of piperazine rings is 1. The molecule has 3 heterocycles. The first kappa shape index (κ1) is 16.8. The summed E-state index contributed by atoms with van der Waals surface area (Å²) in [7, 11) is 0. The molecule has 2 saturated heterocycles. The molecule has 2 aliphatic heterocycles. The standard InChI is InChI=1S/C16H25N5O3/c1-12-9-14(24-18-12)11-19-5-7-20(8-6-19)15(22)13-3-2-4-21(10-13)16(17)23/h9,13H,2-8,10-11H2,1H3,(H2,17,23)/t13-/m1/s1. The smallest absolute Gasteiger partial charge is 0.314 e. The fourth-order valence-corrected chi connectivity index (χ4v) is 3.47. The zero-order chi connectivity index (χ0) is 17.1. The number of nitrogens with zero attached hydrogens (tertiary/aromatic N) is 4. The third-order valence-corrected chi connectivity index (χ3v) is 4.82. The van der Waals surface area contributed by atoms with Crippen molar-refractivity contribution in [2.45, 2.75) is 26.3 Å². The number of primary amides is 1.